The number of hydrogen-bond donors (Lipinski definition) is 2. The summed E-state index contributed by atoms with van der Waals surface area (Å²) in [5.41, 5.74) is -0.861. The third-order valence-corrected chi connectivity index (χ3v) is 8.98. The first-order valence-electron chi connectivity index (χ1n) is 13.3. The van der Waals surface area contributed by atoms with Gasteiger partial charge < -0.3 is 24.4 Å². The number of allylic oxidation sites excluding steroid dienone is 3. The molecule has 0 aromatic rings. The molecule has 1 spiro atoms. The summed E-state index contributed by atoms with van der Waals surface area (Å²) in [6.07, 6.45) is 0.786. The van der Waals surface area contributed by atoms with Gasteiger partial charge in [0.25, 0.3) is 0 Å². The third kappa shape index (κ3) is 5.08. The highest BCUT2D eigenvalue weighted by Crippen LogP contribution is 2.67. The molecule has 0 bridgehead atoms. The zero-order chi connectivity index (χ0) is 28.6. The van der Waals surface area contributed by atoms with Crippen LogP contribution in [-0.4, -0.2) is 59.0 Å². The van der Waals surface area contributed by atoms with Gasteiger partial charge in [-0.25, -0.2) is 0 Å². The Morgan fingerprint density at radius 1 is 1.18 bits per heavy atom. The fourth-order valence-corrected chi connectivity index (χ4v) is 6.34. The van der Waals surface area contributed by atoms with E-state index in [4.69, 9.17) is 18.9 Å². The number of esters is 3. The molecule has 38 heavy (non-hydrogen) atoms. The van der Waals surface area contributed by atoms with E-state index < -0.39 is 65.5 Å². The standard InChI is InChI=1S/C29H42O9/c1-9-15(3)11-12-28(8)17(5)23(32)24(33)29-21(26(35-18(6)30)38-27(29)36-19(7)31)13-20(14-22(28)29)37-25(34)16(4)10-2/h9,11,13,16-17,20,22-24,26-27,32-33H,1,10,12,14H2,2-8H3/b15-11+/t16-,17+,20-,22+,23-,24-,26-,27+,28-,29-/m0/s1. The molecule has 1 saturated carbocycles. The van der Waals surface area contributed by atoms with E-state index in [9.17, 15) is 24.6 Å². The molecule has 0 unspecified atom stereocenters. The molecular weight excluding hydrogens is 492 g/mol. The molecule has 1 aliphatic heterocycles. The summed E-state index contributed by atoms with van der Waals surface area (Å²) in [6, 6.07) is 0. The summed E-state index contributed by atoms with van der Waals surface area (Å²) >= 11 is 0. The largest absolute Gasteiger partial charge is 0.458 e. The van der Waals surface area contributed by atoms with Crippen LogP contribution in [0.3, 0.4) is 0 Å². The molecule has 9 heteroatoms. The van der Waals surface area contributed by atoms with Crippen LogP contribution in [0.5, 0.6) is 0 Å². The van der Waals surface area contributed by atoms with Crippen LogP contribution in [0.25, 0.3) is 0 Å². The van der Waals surface area contributed by atoms with Crippen molar-refractivity contribution in [3.63, 3.8) is 0 Å². The molecule has 212 valence electrons. The van der Waals surface area contributed by atoms with Crippen LogP contribution < -0.4 is 0 Å². The van der Waals surface area contributed by atoms with E-state index in [1.54, 1.807) is 19.1 Å². The lowest BCUT2D eigenvalue weighted by atomic mass is 9.44. The van der Waals surface area contributed by atoms with Crippen molar-refractivity contribution in [1.29, 1.82) is 0 Å². The molecule has 0 aromatic heterocycles. The molecule has 2 fully saturated rings. The maximum absolute atomic E-state index is 12.8. The Morgan fingerprint density at radius 3 is 2.37 bits per heavy atom. The highest BCUT2D eigenvalue weighted by Gasteiger charge is 2.73. The van der Waals surface area contributed by atoms with Gasteiger partial charge in [0.1, 0.15) is 6.10 Å². The van der Waals surface area contributed by atoms with E-state index in [1.807, 2.05) is 33.8 Å². The van der Waals surface area contributed by atoms with Gasteiger partial charge in [0, 0.05) is 19.4 Å². The van der Waals surface area contributed by atoms with E-state index in [0.717, 1.165) is 5.57 Å². The number of rotatable bonds is 8. The lowest BCUT2D eigenvalue weighted by Gasteiger charge is -2.61. The average molecular weight is 535 g/mol. The van der Waals surface area contributed by atoms with Crippen molar-refractivity contribution in [3.8, 4) is 0 Å². The van der Waals surface area contributed by atoms with E-state index in [-0.39, 0.29) is 18.3 Å². The van der Waals surface area contributed by atoms with Gasteiger partial charge in [-0.1, -0.05) is 52.0 Å². The molecule has 0 aromatic carbocycles. The van der Waals surface area contributed by atoms with Crippen LogP contribution in [0.2, 0.25) is 0 Å². The van der Waals surface area contributed by atoms with Crippen molar-refractivity contribution in [2.24, 2.45) is 28.6 Å². The predicted octanol–water partition coefficient (Wildman–Crippen LogP) is 3.59. The Morgan fingerprint density at radius 2 is 1.82 bits per heavy atom. The zero-order valence-corrected chi connectivity index (χ0v) is 23.4. The van der Waals surface area contributed by atoms with Crippen molar-refractivity contribution >= 4 is 17.9 Å². The average Bonchev–Trinajstić information content (AvgIpc) is 3.15. The minimum Gasteiger partial charge on any atom is -0.458 e. The Kier molecular flexibility index (Phi) is 8.95. The first-order chi connectivity index (χ1) is 17.7. The monoisotopic (exact) mass is 534 g/mol. The highest BCUT2D eigenvalue weighted by molar-refractivity contribution is 5.72. The fourth-order valence-electron chi connectivity index (χ4n) is 6.34. The lowest BCUT2D eigenvalue weighted by Crippen LogP contribution is -2.68. The molecule has 0 radical (unpaired) electrons. The molecule has 1 heterocycles. The Bertz CT molecular complexity index is 1020. The van der Waals surface area contributed by atoms with Crippen molar-refractivity contribution in [2.75, 3.05) is 0 Å². The van der Waals surface area contributed by atoms with E-state index in [1.165, 1.54) is 13.8 Å². The molecule has 3 aliphatic rings. The number of hydrogen-bond acceptors (Lipinski definition) is 9. The number of aliphatic hydroxyl groups excluding tert-OH is 2. The SMILES string of the molecule is C=C/C(C)=C/C[C@@]1(C)[C@H](C)[C@H](O)[C@H](O)[C@]23C(=C[C@H](OC(=O)[C@@H](C)CC)C[C@H]12)[C@@H](OC(C)=O)O[C@H]3OC(C)=O. The molecule has 0 amide bonds. The van der Waals surface area contributed by atoms with E-state index in [2.05, 4.69) is 6.58 Å². The minimum absolute atomic E-state index is 0.283. The topological polar surface area (TPSA) is 129 Å². The van der Waals surface area contributed by atoms with E-state index in [0.29, 0.717) is 18.4 Å². The summed E-state index contributed by atoms with van der Waals surface area (Å²) < 4.78 is 23.0. The van der Waals surface area contributed by atoms with Gasteiger partial charge in [-0.3, -0.25) is 19.1 Å². The van der Waals surface area contributed by atoms with Gasteiger partial charge >= 0.3 is 17.9 Å². The number of carbonyl (C=O) groups is 3. The van der Waals surface area contributed by atoms with Gasteiger partial charge in [-0.15, -0.1) is 0 Å². The molecule has 9 nitrogen and oxygen atoms in total. The maximum Gasteiger partial charge on any atom is 0.309 e. The Labute approximate surface area is 224 Å². The summed E-state index contributed by atoms with van der Waals surface area (Å²) in [5, 5.41) is 23.2. The third-order valence-electron chi connectivity index (χ3n) is 8.98. The molecule has 2 aliphatic carbocycles. The van der Waals surface area contributed by atoms with Crippen LogP contribution in [0.1, 0.15) is 67.7 Å². The second-order valence-corrected chi connectivity index (χ2v) is 11.2. The molecular formula is C29H42O9. The van der Waals surface area contributed by atoms with Gasteiger partial charge in [0.05, 0.1) is 23.5 Å². The number of ether oxygens (including phenoxy) is 4. The van der Waals surface area contributed by atoms with Gasteiger partial charge in [-0.05, 0) is 49.5 Å². The number of carbonyl (C=O) groups excluding carboxylic acids is 3. The summed E-state index contributed by atoms with van der Waals surface area (Å²) in [7, 11) is 0. The van der Waals surface area contributed by atoms with Crippen LogP contribution in [0, 0.1) is 28.6 Å². The Balaban J connectivity index is 2.26. The summed E-state index contributed by atoms with van der Waals surface area (Å²) in [5.74, 6) is -2.89. The Hall–Kier alpha value is -2.49. The van der Waals surface area contributed by atoms with Crippen LogP contribution in [0.4, 0.5) is 0 Å². The zero-order valence-electron chi connectivity index (χ0n) is 23.4. The van der Waals surface area contributed by atoms with Crippen molar-refractivity contribution < 1.29 is 43.5 Å². The maximum atomic E-state index is 12.8. The molecule has 1 saturated heterocycles. The molecule has 3 rings (SSSR count). The first-order valence-corrected chi connectivity index (χ1v) is 13.3. The van der Waals surface area contributed by atoms with E-state index >= 15 is 0 Å². The van der Waals surface area contributed by atoms with Gasteiger partial charge in [-0.2, -0.15) is 0 Å². The fraction of sp³-hybridized carbons (Fsp3) is 0.690. The quantitative estimate of drug-likeness (QED) is 0.208. The predicted molar refractivity (Wildman–Crippen MR) is 138 cm³/mol. The van der Waals surface area contributed by atoms with Crippen LogP contribution >= 0.6 is 0 Å². The number of aliphatic hydroxyl groups is 2. The van der Waals surface area contributed by atoms with Crippen molar-refractivity contribution in [1.82, 2.24) is 0 Å². The first kappa shape index (κ1) is 30.1. The molecule has 10 atom stereocenters. The van der Waals surface area contributed by atoms with Crippen molar-refractivity contribution in [3.05, 3.63) is 36.0 Å². The van der Waals surface area contributed by atoms with Crippen LogP contribution in [0.15, 0.2) is 36.0 Å². The highest BCUT2D eigenvalue weighted by atomic mass is 16.8. The van der Waals surface area contributed by atoms with Crippen LogP contribution in [-0.2, 0) is 33.3 Å². The van der Waals surface area contributed by atoms with Gasteiger partial charge in [0.2, 0.25) is 12.6 Å². The second-order valence-electron chi connectivity index (χ2n) is 11.2. The lowest BCUT2D eigenvalue weighted by molar-refractivity contribution is -0.273. The second kappa shape index (κ2) is 11.3. The summed E-state index contributed by atoms with van der Waals surface area (Å²) in [4.78, 5) is 37.0. The van der Waals surface area contributed by atoms with Crippen molar-refractivity contribution in [2.45, 2.75) is 98.6 Å². The normalized spacial score (nSPS) is 39.2. The van der Waals surface area contributed by atoms with Gasteiger partial charge in [0.15, 0.2) is 0 Å². The molecule has 2 N–H and O–H groups in total. The minimum atomic E-state index is -1.44. The summed E-state index contributed by atoms with van der Waals surface area (Å²) in [6.45, 7) is 15.8. The smallest absolute Gasteiger partial charge is 0.309 e.